The van der Waals surface area contributed by atoms with Gasteiger partial charge in [-0.15, -0.1) is 0 Å². The Balaban J connectivity index is 2.43. The molecule has 0 aliphatic rings. The first kappa shape index (κ1) is 15.3. The van der Waals surface area contributed by atoms with E-state index in [1.807, 2.05) is 32.0 Å². The van der Waals surface area contributed by atoms with Crippen molar-refractivity contribution in [1.82, 2.24) is 0 Å². The van der Waals surface area contributed by atoms with Gasteiger partial charge in [-0.2, -0.15) is 0 Å². The molecule has 0 aliphatic carbocycles. The van der Waals surface area contributed by atoms with Crippen molar-refractivity contribution in [1.29, 1.82) is 0 Å². The Labute approximate surface area is 124 Å². The highest BCUT2D eigenvalue weighted by Gasteiger charge is 2.29. The molecule has 0 amide bonds. The molecule has 2 N–H and O–H groups in total. The average Bonchev–Trinajstić information content (AvgIpc) is 2.47. The van der Waals surface area contributed by atoms with Crippen molar-refractivity contribution in [3.8, 4) is 5.75 Å². The van der Waals surface area contributed by atoms with Crippen LogP contribution in [0.4, 0.5) is 10.1 Å². The number of anilines is 1. The summed E-state index contributed by atoms with van der Waals surface area (Å²) in [7, 11) is 1.59. The summed E-state index contributed by atoms with van der Waals surface area (Å²) in [5.74, 6) is 0.359. The first-order valence-electron chi connectivity index (χ1n) is 6.78. The van der Waals surface area contributed by atoms with Crippen molar-refractivity contribution < 1.29 is 14.2 Å². The minimum atomic E-state index is -0.773. The number of hydrogen-bond donors (Lipinski definition) is 2. The molecule has 4 heteroatoms. The van der Waals surface area contributed by atoms with E-state index >= 15 is 0 Å². The van der Waals surface area contributed by atoms with E-state index in [4.69, 9.17) is 4.74 Å². The van der Waals surface area contributed by atoms with Crippen molar-refractivity contribution >= 4 is 5.69 Å². The average molecular weight is 289 g/mol. The maximum atomic E-state index is 13.3. The van der Waals surface area contributed by atoms with Crippen LogP contribution in [0, 0.1) is 12.7 Å². The summed E-state index contributed by atoms with van der Waals surface area (Å²) in [6.45, 7) is 3.68. The Kier molecular flexibility index (Phi) is 4.48. The number of benzene rings is 2. The number of hydrogen-bond acceptors (Lipinski definition) is 3. The number of aryl methyl sites for hydroxylation is 1. The molecule has 112 valence electrons. The third-order valence-electron chi connectivity index (χ3n) is 3.51. The van der Waals surface area contributed by atoms with Gasteiger partial charge in [-0.1, -0.05) is 17.7 Å². The summed E-state index contributed by atoms with van der Waals surface area (Å²) in [6.07, 6.45) is 0. The second kappa shape index (κ2) is 6.14. The standard InChI is InChI=1S/C17H20FNO2/c1-12-7-8-16(21-3)15(9-12)17(2,11-20)19-14-6-4-5-13(18)10-14/h4-10,19-20H,11H2,1-3H3. The molecule has 1 unspecified atom stereocenters. The molecular formula is C17H20FNO2. The highest BCUT2D eigenvalue weighted by atomic mass is 19.1. The first-order chi connectivity index (χ1) is 9.98. The number of ether oxygens (including phenoxy) is 1. The summed E-state index contributed by atoms with van der Waals surface area (Å²) >= 11 is 0. The van der Waals surface area contributed by atoms with Crippen molar-refractivity contribution in [3.63, 3.8) is 0 Å². The Hall–Kier alpha value is -2.07. The molecule has 0 aromatic heterocycles. The zero-order valence-electron chi connectivity index (χ0n) is 12.5. The van der Waals surface area contributed by atoms with Crippen LogP contribution in [0.5, 0.6) is 5.75 Å². The fourth-order valence-corrected chi connectivity index (χ4v) is 2.33. The van der Waals surface area contributed by atoms with E-state index in [-0.39, 0.29) is 12.4 Å². The van der Waals surface area contributed by atoms with Gasteiger partial charge in [0.05, 0.1) is 19.3 Å². The SMILES string of the molecule is COc1ccc(C)cc1C(C)(CO)Nc1cccc(F)c1. The molecule has 3 nitrogen and oxygen atoms in total. The van der Waals surface area contributed by atoms with Gasteiger partial charge < -0.3 is 15.2 Å². The monoisotopic (exact) mass is 289 g/mol. The highest BCUT2D eigenvalue weighted by Crippen LogP contribution is 2.33. The Morgan fingerprint density at radius 3 is 2.62 bits per heavy atom. The van der Waals surface area contributed by atoms with Crippen molar-refractivity contribution in [3.05, 3.63) is 59.4 Å². The fourth-order valence-electron chi connectivity index (χ4n) is 2.33. The van der Waals surface area contributed by atoms with Gasteiger partial charge >= 0.3 is 0 Å². The second-order valence-corrected chi connectivity index (χ2v) is 5.33. The number of aliphatic hydroxyl groups is 1. The Morgan fingerprint density at radius 1 is 1.24 bits per heavy atom. The zero-order valence-corrected chi connectivity index (χ0v) is 12.5. The summed E-state index contributed by atoms with van der Waals surface area (Å²) in [5.41, 5.74) is 1.73. The van der Waals surface area contributed by atoms with E-state index in [2.05, 4.69) is 5.32 Å². The second-order valence-electron chi connectivity index (χ2n) is 5.33. The van der Waals surface area contributed by atoms with Gasteiger partial charge in [0.1, 0.15) is 11.6 Å². The maximum absolute atomic E-state index is 13.3. The van der Waals surface area contributed by atoms with Crippen LogP contribution >= 0.6 is 0 Å². The smallest absolute Gasteiger partial charge is 0.125 e. The largest absolute Gasteiger partial charge is 0.496 e. The molecule has 0 saturated carbocycles. The molecule has 0 bridgehead atoms. The fraction of sp³-hybridized carbons (Fsp3) is 0.294. The van der Waals surface area contributed by atoms with Crippen molar-refractivity contribution in [2.75, 3.05) is 19.0 Å². The molecule has 0 aliphatic heterocycles. The van der Waals surface area contributed by atoms with Gasteiger partial charge in [-0.25, -0.2) is 4.39 Å². The van der Waals surface area contributed by atoms with Gasteiger partial charge in [0.2, 0.25) is 0 Å². The molecule has 2 aromatic rings. The Morgan fingerprint density at radius 2 is 2.00 bits per heavy atom. The summed E-state index contributed by atoms with van der Waals surface area (Å²) in [5, 5.41) is 13.1. The number of methoxy groups -OCH3 is 1. The predicted molar refractivity (Wildman–Crippen MR) is 82.2 cm³/mol. The highest BCUT2D eigenvalue weighted by molar-refractivity contribution is 5.51. The van der Waals surface area contributed by atoms with Gasteiger partial charge in [-0.3, -0.25) is 0 Å². The first-order valence-corrected chi connectivity index (χ1v) is 6.78. The van der Waals surface area contributed by atoms with Gasteiger partial charge in [0.25, 0.3) is 0 Å². The van der Waals surface area contributed by atoms with Crippen LogP contribution in [-0.2, 0) is 5.54 Å². The van der Waals surface area contributed by atoms with Gasteiger partial charge in [0, 0.05) is 11.3 Å². The summed E-state index contributed by atoms with van der Waals surface area (Å²) < 4.78 is 18.7. The summed E-state index contributed by atoms with van der Waals surface area (Å²) in [6, 6.07) is 11.9. The van der Waals surface area contributed by atoms with Crippen LogP contribution in [0.15, 0.2) is 42.5 Å². The molecule has 0 fully saturated rings. The topological polar surface area (TPSA) is 41.5 Å². The minimum absolute atomic E-state index is 0.149. The van der Waals surface area contributed by atoms with E-state index in [1.54, 1.807) is 19.2 Å². The van der Waals surface area contributed by atoms with Gasteiger partial charge in [0.15, 0.2) is 0 Å². The van der Waals surface area contributed by atoms with Crippen LogP contribution in [0.3, 0.4) is 0 Å². The minimum Gasteiger partial charge on any atom is -0.496 e. The molecule has 0 spiro atoms. The number of nitrogens with one attached hydrogen (secondary N) is 1. The predicted octanol–water partition coefficient (Wildman–Crippen LogP) is 3.46. The molecule has 0 heterocycles. The van der Waals surface area contributed by atoms with E-state index in [9.17, 15) is 9.50 Å². The summed E-state index contributed by atoms with van der Waals surface area (Å²) in [4.78, 5) is 0. The number of aliphatic hydroxyl groups excluding tert-OH is 1. The van der Waals surface area contributed by atoms with Crippen molar-refractivity contribution in [2.45, 2.75) is 19.4 Å². The molecule has 0 radical (unpaired) electrons. The molecular weight excluding hydrogens is 269 g/mol. The van der Waals surface area contributed by atoms with Crippen molar-refractivity contribution in [2.24, 2.45) is 0 Å². The molecule has 21 heavy (non-hydrogen) atoms. The van der Waals surface area contributed by atoms with Crippen LogP contribution < -0.4 is 10.1 Å². The molecule has 2 rings (SSSR count). The maximum Gasteiger partial charge on any atom is 0.125 e. The molecule has 2 aromatic carbocycles. The van der Waals surface area contributed by atoms with Crippen LogP contribution in [-0.4, -0.2) is 18.8 Å². The lowest BCUT2D eigenvalue weighted by Gasteiger charge is -2.32. The zero-order chi connectivity index (χ0) is 15.5. The van der Waals surface area contributed by atoms with E-state index in [0.29, 0.717) is 11.4 Å². The molecule has 1 atom stereocenters. The number of rotatable bonds is 5. The lowest BCUT2D eigenvalue weighted by atomic mass is 9.90. The van der Waals surface area contributed by atoms with E-state index in [0.717, 1.165) is 11.1 Å². The van der Waals surface area contributed by atoms with E-state index in [1.165, 1.54) is 12.1 Å². The normalized spacial score (nSPS) is 13.6. The Bertz CT molecular complexity index is 630. The lowest BCUT2D eigenvalue weighted by molar-refractivity contribution is 0.220. The third-order valence-corrected chi connectivity index (χ3v) is 3.51. The third kappa shape index (κ3) is 3.34. The lowest BCUT2D eigenvalue weighted by Crippen LogP contribution is -2.36. The van der Waals surface area contributed by atoms with Gasteiger partial charge in [-0.05, 0) is 44.2 Å². The van der Waals surface area contributed by atoms with Crippen LogP contribution in [0.25, 0.3) is 0 Å². The van der Waals surface area contributed by atoms with Crippen LogP contribution in [0.2, 0.25) is 0 Å². The molecule has 0 saturated heterocycles. The van der Waals surface area contributed by atoms with E-state index < -0.39 is 5.54 Å². The van der Waals surface area contributed by atoms with Crippen LogP contribution in [0.1, 0.15) is 18.1 Å². The number of halogens is 1. The quantitative estimate of drug-likeness (QED) is 0.885.